The fraction of sp³-hybridized carbons (Fsp3) is 0.533. The van der Waals surface area contributed by atoms with E-state index >= 15 is 0 Å². The van der Waals surface area contributed by atoms with Gasteiger partial charge in [0.2, 0.25) is 0 Å². The molecule has 0 spiro atoms. The summed E-state index contributed by atoms with van der Waals surface area (Å²) >= 11 is 0. The fourth-order valence-corrected chi connectivity index (χ4v) is 2.09. The van der Waals surface area contributed by atoms with E-state index in [1.54, 1.807) is 0 Å². The Morgan fingerprint density at radius 3 is 2.62 bits per heavy atom. The number of carbonyl (C=O) groups excluding carboxylic acids is 1. The molecule has 88 valence electrons. The van der Waals surface area contributed by atoms with E-state index in [1.165, 1.54) is 16.7 Å². The highest BCUT2D eigenvalue weighted by Gasteiger charge is 2.24. The molecule has 0 bridgehead atoms. The summed E-state index contributed by atoms with van der Waals surface area (Å²) in [5, 5.41) is 0. The summed E-state index contributed by atoms with van der Waals surface area (Å²) in [4.78, 5) is 10.7. The molecule has 0 aromatic rings. The van der Waals surface area contributed by atoms with Crippen LogP contribution in [0.5, 0.6) is 0 Å². The second-order valence-corrected chi connectivity index (χ2v) is 5.16. The first-order chi connectivity index (χ1) is 7.51. The first-order valence-electron chi connectivity index (χ1n) is 5.98. The Labute approximate surface area is 98.9 Å². The molecule has 0 saturated heterocycles. The van der Waals surface area contributed by atoms with Gasteiger partial charge in [0.1, 0.15) is 6.29 Å². The Balaban J connectivity index is 3.00. The fourth-order valence-electron chi connectivity index (χ4n) is 2.09. The third kappa shape index (κ3) is 2.94. The van der Waals surface area contributed by atoms with Crippen molar-refractivity contribution in [2.45, 2.75) is 47.0 Å². The average molecular weight is 218 g/mol. The van der Waals surface area contributed by atoms with Gasteiger partial charge in [-0.2, -0.15) is 0 Å². The minimum atomic E-state index is 0.00921. The van der Waals surface area contributed by atoms with Crippen LogP contribution in [0.2, 0.25) is 0 Å². The van der Waals surface area contributed by atoms with Crippen molar-refractivity contribution in [3.63, 3.8) is 0 Å². The first kappa shape index (κ1) is 13.0. The minimum Gasteiger partial charge on any atom is -0.303 e. The van der Waals surface area contributed by atoms with Crippen molar-refractivity contribution in [3.8, 4) is 0 Å². The standard InChI is InChI=1S/C15H22O/c1-5-6-13-11-14(8-7-12(13)2)15(3,4)9-10-16/h5-6,10-11H,7-9H2,1-4H3/b6-5-. The lowest BCUT2D eigenvalue weighted by Crippen LogP contribution is -2.17. The van der Waals surface area contributed by atoms with Crippen LogP contribution in [0.4, 0.5) is 0 Å². The SMILES string of the molecule is C/C=C\C1=C(C)CCC(C(C)(C)CC=O)=C1. The molecule has 0 aliphatic heterocycles. The van der Waals surface area contributed by atoms with E-state index in [-0.39, 0.29) is 5.41 Å². The van der Waals surface area contributed by atoms with Crippen LogP contribution in [0.1, 0.15) is 47.0 Å². The number of hydrogen-bond acceptors (Lipinski definition) is 1. The molecule has 0 heterocycles. The molecule has 0 radical (unpaired) electrons. The highest BCUT2D eigenvalue weighted by molar-refractivity contribution is 5.53. The van der Waals surface area contributed by atoms with Crippen molar-refractivity contribution in [3.05, 3.63) is 34.9 Å². The molecular formula is C15H22O. The first-order valence-corrected chi connectivity index (χ1v) is 5.98. The molecule has 1 nitrogen and oxygen atoms in total. The zero-order valence-corrected chi connectivity index (χ0v) is 10.8. The molecule has 1 heteroatoms. The van der Waals surface area contributed by atoms with E-state index in [1.807, 2.05) is 6.92 Å². The van der Waals surface area contributed by atoms with Crippen LogP contribution in [0, 0.1) is 5.41 Å². The third-order valence-electron chi connectivity index (χ3n) is 3.40. The lowest BCUT2D eigenvalue weighted by atomic mass is 9.75. The topological polar surface area (TPSA) is 17.1 Å². The van der Waals surface area contributed by atoms with E-state index in [0.29, 0.717) is 6.42 Å². The molecule has 1 aliphatic carbocycles. The Morgan fingerprint density at radius 1 is 1.38 bits per heavy atom. The number of allylic oxidation sites excluding steroid dienone is 6. The van der Waals surface area contributed by atoms with Crippen molar-refractivity contribution in [1.29, 1.82) is 0 Å². The van der Waals surface area contributed by atoms with Crippen LogP contribution in [-0.2, 0) is 4.79 Å². The average Bonchev–Trinajstić information content (AvgIpc) is 2.21. The van der Waals surface area contributed by atoms with E-state index < -0.39 is 0 Å². The van der Waals surface area contributed by atoms with E-state index in [2.05, 4.69) is 39.0 Å². The molecule has 0 aromatic heterocycles. The molecule has 1 aliphatic rings. The van der Waals surface area contributed by atoms with Gasteiger partial charge in [-0.15, -0.1) is 0 Å². The Bertz CT molecular complexity index is 354. The maximum atomic E-state index is 10.7. The molecule has 0 N–H and O–H groups in total. The molecule has 0 unspecified atom stereocenters. The second-order valence-electron chi connectivity index (χ2n) is 5.16. The van der Waals surface area contributed by atoms with Gasteiger partial charge >= 0.3 is 0 Å². The lowest BCUT2D eigenvalue weighted by molar-refractivity contribution is -0.109. The number of carbonyl (C=O) groups is 1. The van der Waals surface area contributed by atoms with Crippen molar-refractivity contribution < 1.29 is 4.79 Å². The highest BCUT2D eigenvalue weighted by Crippen LogP contribution is 2.37. The number of aldehydes is 1. The zero-order chi connectivity index (χ0) is 12.2. The summed E-state index contributed by atoms with van der Waals surface area (Å²) in [5.41, 5.74) is 4.18. The maximum absolute atomic E-state index is 10.7. The summed E-state index contributed by atoms with van der Waals surface area (Å²) in [6.07, 6.45) is 10.3. The summed E-state index contributed by atoms with van der Waals surface area (Å²) in [5.74, 6) is 0. The molecule has 0 fully saturated rings. The van der Waals surface area contributed by atoms with Gasteiger partial charge in [-0.3, -0.25) is 0 Å². The van der Waals surface area contributed by atoms with Crippen LogP contribution in [0.15, 0.2) is 34.9 Å². The summed E-state index contributed by atoms with van der Waals surface area (Å²) < 4.78 is 0. The monoisotopic (exact) mass is 218 g/mol. The Morgan fingerprint density at radius 2 is 2.06 bits per heavy atom. The summed E-state index contributed by atoms with van der Waals surface area (Å²) in [7, 11) is 0. The number of rotatable bonds is 4. The van der Waals surface area contributed by atoms with Crippen LogP contribution in [-0.4, -0.2) is 6.29 Å². The van der Waals surface area contributed by atoms with Crippen LogP contribution in [0.25, 0.3) is 0 Å². The zero-order valence-electron chi connectivity index (χ0n) is 10.8. The highest BCUT2D eigenvalue weighted by atomic mass is 16.1. The van der Waals surface area contributed by atoms with E-state index in [9.17, 15) is 4.79 Å². The van der Waals surface area contributed by atoms with Crippen molar-refractivity contribution >= 4 is 6.29 Å². The predicted molar refractivity (Wildman–Crippen MR) is 69.3 cm³/mol. The molecule has 0 saturated carbocycles. The van der Waals surface area contributed by atoms with E-state index in [4.69, 9.17) is 0 Å². The molecule has 0 atom stereocenters. The number of hydrogen-bond donors (Lipinski definition) is 0. The van der Waals surface area contributed by atoms with Crippen molar-refractivity contribution in [2.75, 3.05) is 0 Å². The van der Waals surface area contributed by atoms with E-state index in [0.717, 1.165) is 19.1 Å². The van der Waals surface area contributed by atoms with Gasteiger partial charge < -0.3 is 4.79 Å². The third-order valence-corrected chi connectivity index (χ3v) is 3.40. The summed E-state index contributed by atoms with van der Waals surface area (Å²) in [6, 6.07) is 0. The van der Waals surface area contributed by atoms with Gasteiger partial charge in [-0.1, -0.05) is 43.2 Å². The van der Waals surface area contributed by atoms with Gasteiger partial charge in [-0.25, -0.2) is 0 Å². The minimum absolute atomic E-state index is 0.00921. The van der Waals surface area contributed by atoms with Gasteiger partial charge in [0.15, 0.2) is 0 Å². The Hall–Kier alpha value is -1.11. The Kier molecular flexibility index (Phi) is 4.28. The van der Waals surface area contributed by atoms with Crippen LogP contribution < -0.4 is 0 Å². The smallest absolute Gasteiger partial charge is 0.120 e. The van der Waals surface area contributed by atoms with Crippen molar-refractivity contribution in [2.24, 2.45) is 5.41 Å². The van der Waals surface area contributed by atoms with Crippen molar-refractivity contribution in [1.82, 2.24) is 0 Å². The van der Waals surface area contributed by atoms with Gasteiger partial charge in [-0.05, 0) is 37.7 Å². The largest absolute Gasteiger partial charge is 0.303 e. The van der Waals surface area contributed by atoms with Gasteiger partial charge in [0.05, 0.1) is 0 Å². The normalized spacial score (nSPS) is 17.9. The van der Waals surface area contributed by atoms with Gasteiger partial charge in [0, 0.05) is 6.42 Å². The maximum Gasteiger partial charge on any atom is 0.120 e. The molecule has 16 heavy (non-hydrogen) atoms. The molecule has 1 rings (SSSR count). The van der Waals surface area contributed by atoms with Crippen LogP contribution in [0.3, 0.4) is 0 Å². The molecular weight excluding hydrogens is 196 g/mol. The predicted octanol–water partition coefficient (Wildman–Crippen LogP) is 4.21. The van der Waals surface area contributed by atoms with Crippen LogP contribution >= 0.6 is 0 Å². The molecule has 0 amide bonds. The quantitative estimate of drug-likeness (QED) is 0.646. The lowest BCUT2D eigenvalue weighted by Gasteiger charge is -2.29. The molecule has 0 aromatic carbocycles. The van der Waals surface area contributed by atoms with Gasteiger partial charge in [0.25, 0.3) is 0 Å². The second kappa shape index (κ2) is 5.29. The summed E-state index contributed by atoms with van der Waals surface area (Å²) in [6.45, 7) is 8.54.